The Hall–Kier alpha value is -2.89. The Labute approximate surface area is 153 Å². The summed E-state index contributed by atoms with van der Waals surface area (Å²) in [6.45, 7) is 3.37. The van der Waals surface area contributed by atoms with Gasteiger partial charge in [-0.25, -0.2) is 4.98 Å². The van der Waals surface area contributed by atoms with Crippen LogP contribution in [0.3, 0.4) is 0 Å². The number of benzene rings is 1. The Morgan fingerprint density at radius 2 is 2.04 bits per heavy atom. The Kier molecular flexibility index (Phi) is 5.51. The fourth-order valence-electron chi connectivity index (χ4n) is 3.11. The van der Waals surface area contributed by atoms with Gasteiger partial charge in [0.2, 0.25) is 11.8 Å². The number of nitrogens with one attached hydrogen (secondary N) is 1. The molecule has 1 aliphatic heterocycles. The Morgan fingerprint density at radius 1 is 1.27 bits per heavy atom. The smallest absolute Gasteiger partial charge is 0.251 e. The fourth-order valence-corrected chi connectivity index (χ4v) is 3.11. The van der Waals surface area contributed by atoms with Crippen molar-refractivity contribution in [2.24, 2.45) is 0 Å². The molecule has 2 aromatic rings. The van der Waals surface area contributed by atoms with Gasteiger partial charge in [0.1, 0.15) is 0 Å². The molecule has 6 nitrogen and oxygen atoms in total. The molecule has 1 N–H and O–H groups in total. The summed E-state index contributed by atoms with van der Waals surface area (Å²) in [5.74, 6) is 0.495. The number of hydrogen-bond donors (Lipinski definition) is 1. The zero-order valence-corrected chi connectivity index (χ0v) is 15.1. The van der Waals surface area contributed by atoms with Crippen molar-refractivity contribution in [2.45, 2.75) is 25.8 Å². The number of carbonyl (C=O) groups is 2. The van der Waals surface area contributed by atoms with E-state index in [2.05, 4.69) is 10.3 Å². The van der Waals surface area contributed by atoms with Gasteiger partial charge < -0.3 is 15.0 Å². The van der Waals surface area contributed by atoms with E-state index >= 15 is 0 Å². The number of amides is 2. The van der Waals surface area contributed by atoms with Gasteiger partial charge in [-0.05, 0) is 24.6 Å². The third-order valence-electron chi connectivity index (χ3n) is 4.42. The van der Waals surface area contributed by atoms with Crippen molar-refractivity contribution in [1.29, 1.82) is 0 Å². The molecule has 136 valence electrons. The molecule has 1 fully saturated rings. The molecular weight excluding hydrogens is 330 g/mol. The molecule has 0 radical (unpaired) electrons. The van der Waals surface area contributed by atoms with Crippen molar-refractivity contribution >= 4 is 11.8 Å². The summed E-state index contributed by atoms with van der Waals surface area (Å²) in [4.78, 5) is 30.5. The van der Waals surface area contributed by atoms with Gasteiger partial charge in [-0.2, -0.15) is 0 Å². The molecule has 3 rings (SSSR count). The molecule has 1 aromatic heterocycles. The maximum absolute atomic E-state index is 12.4. The number of likely N-dealkylation sites (tertiary alicyclic amines) is 1. The average Bonchev–Trinajstić information content (AvgIpc) is 3.01. The van der Waals surface area contributed by atoms with E-state index in [4.69, 9.17) is 4.74 Å². The molecule has 2 amide bonds. The summed E-state index contributed by atoms with van der Waals surface area (Å²) in [6.07, 6.45) is 1.30. The first-order valence-electron chi connectivity index (χ1n) is 8.81. The van der Waals surface area contributed by atoms with E-state index in [0.717, 1.165) is 24.2 Å². The second-order valence-electron chi connectivity index (χ2n) is 6.36. The van der Waals surface area contributed by atoms with Gasteiger partial charge in [0, 0.05) is 36.7 Å². The summed E-state index contributed by atoms with van der Waals surface area (Å²) >= 11 is 0. The van der Waals surface area contributed by atoms with Crippen LogP contribution in [0, 0.1) is 0 Å². The van der Waals surface area contributed by atoms with Gasteiger partial charge in [0.15, 0.2) is 0 Å². The molecule has 0 bridgehead atoms. The highest BCUT2D eigenvalue weighted by Crippen LogP contribution is 2.20. The lowest BCUT2D eigenvalue weighted by Crippen LogP contribution is -2.37. The Morgan fingerprint density at radius 3 is 2.73 bits per heavy atom. The third-order valence-corrected chi connectivity index (χ3v) is 4.42. The monoisotopic (exact) mass is 353 g/mol. The number of aromatic nitrogens is 1. The van der Waals surface area contributed by atoms with Crippen molar-refractivity contribution < 1.29 is 14.3 Å². The Balaban J connectivity index is 1.65. The predicted molar refractivity (Wildman–Crippen MR) is 99.0 cm³/mol. The highest BCUT2D eigenvalue weighted by Gasteiger charge is 2.29. The van der Waals surface area contributed by atoms with Crippen LogP contribution in [0.25, 0.3) is 11.3 Å². The molecule has 0 aliphatic carbocycles. The second kappa shape index (κ2) is 7.99. The van der Waals surface area contributed by atoms with Crippen LogP contribution >= 0.6 is 0 Å². The first-order chi connectivity index (χ1) is 12.6. The molecule has 1 saturated heterocycles. The van der Waals surface area contributed by atoms with Crippen molar-refractivity contribution in [2.75, 3.05) is 20.2 Å². The van der Waals surface area contributed by atoms with Crippen LogP contribution in [0.15, 0.2) is 42.5 Å². The zero-order chi connectivity index (χ0) is 18.5. The quantitative estimate of drug-likeness (QED) is 0.866. The lowest BCUT2D eigenvalue weighted by Gasteiger charge is -2.16. The minimum atomic E-state index is -0.161. The minimum absolute atomic E-state index is 0.108. The first kappa shape index (κ1) is 17.9. The highest BCUT2D eigenvalue weighted by molar-refractivity contribution is 5.95. The van der Waals surface area contributed by atoms with Crippen LogP contribution < -0.4 is 10.1 Å². The van der Waals surface area contributed by atoms with E-state index in [-0.39, 0.29) is 17.9 Å². The average molecular weight is 353 g/mol. The van der Waals surface area contributed by atoms with Crippen LogP contribution in [-0.4, -0.2) is 47.9 Å². The van der Waals surface area contributed by atoms with E-state index in [1.165, 1.54) is 0 Å². The van der Waals surface area contributed by atoms with Crippen molar-refractivity contribution in [3.63, 3.8) is 0 Å². The summed E-state index contributed by atoms with van der Waals surface area (Å²) < 4.78 is 5.14. The molecule has 0 saturated carbocycles. The lowest BCUT2D eigenvalue weighted by atomic mass is 10.1. The topological polar surface area (TPSA) is 71.5 Å². The summed E-state index contributed by atoms with van der Waals surface area (Å²) in [6, 6.07) is 12.7. The number of pyridine rings is 1. The van der Waals surface area contributed by atoms with E-state index < -0.39 is 0 Å². The van der Waals surface area contributed by atoms with Crippen LogP contribution in [-0.2, 0) is 4.79 Å². The Bertz CT molecular complexity index is 789. The molecule has 6 heteroatoms. The summed E-state index contributed by atoms with van der Waals surface area (Å²) in [5, 5.41) is 2.95. The SMILES string of the molecule is CCCN1C[C@H](NC(=O)c2ccc(-c3cccc(OC)n3)cc2)CC1=O. The van der Waals surface area contributed by atoms with Crippen LogP contribution in [0.4, 0.5) is 0 Å². The van der Waals surface area contributed by atoms with Gasteiger partial charge in [-0.1, -0.05) is 25.1 Å². The molecule has 1 atom stereocenters. The summed E-state index contributed by atoms with van der Waals surface area (Å²) in [5.41, 5.74) is 2.26. The lowest BCUT2D eigenvalue weighted by molar-refractivity contribution is -0.127. The van der Waals surface area contributed by atoms with E-state index in [9.17, 15) is 9.59 Å². The number of ether oxygens (including phenoxy) is 1. The maximum Gasteiger partial charge on any atom is 0.251 e. The zero-order valence-electron chi connectivity index (χ0n) is 15.1. The number of rotatable bonds is 6. The van der Waals surface area contributed by atoms with Crippen molar-refractivity contribution in [1.82, 2.24) is 15.2 Å². The van der Waals surface area contributed by atoms with Crippen LogP contribution in [0.5, 0.6) is 5.88 Å². The predicted octanol–water partition coefficient (Wildman–Crippen LogP) is 2.50. The molecule has 0 unspecified atom stereocenters. The van der Waals surface area contributed by atoms with E-state index in [1.807, 2.05) is 36.1 Å². The van der Waals surface area contributed by atoms with Crippen LogP contribution in [0.2, 0.25) is 0 Å². The molecule has 1 aromatic carbocycles. The van der Waals surface area contributed by atoms with Gasteiger partial charge in [0.25, 0.3) is 5.91 Å². The van der Waals surface area contributed by atoms with Gasteiger partial charge in [-0.15, -0.1) is 0 Å². The number of hydrogen-bond acceptors (Lipinski definition) is 4. The molecule has 26 heavy (non-hydrogen) atoms. The van der Waals surface area contributed by atoms with E-state index in [1.54, 1.807) is 25.3 Å². The normalized spacial score (nSPS) is 16.6. The minimum Gasteiger partial charge on any atom is -0.481 e. The maximum atomic E-state index is 12.4. The second-order valence-corrected chi connectivity index (χ2v) is 6.36. The fraction of sp³-hybridized carbons (Fsp3) is 0.350. The molecule has 0 spiro atoms. The highest BCUT2D eigenvalue weighted by atomic mass is 16.5. The third kappa shape index (κ3) is 4.02. The summed E-state index contributed by atoms with van der Waals surface area (Å²) in [7, 11) is 1.58. The standard InChI is InChI=1S/C20H23N3O3/c1-3-11-23-13-16(12-19(23)24)21-20(25)15-9-7-14(8-10-15)17-5-4-6-18(22-17)26-2/h4-10,16H,3,11-13H2,1-2H3,(H,21,25)/t16-/m1/s1. The first-order valence-corrected chi connectivity index (χ1v) is 8.81. The van der Waals surface area contributed by atoms with Crippen molar-refractivity contribution in [3.05, 3.63) is 48.0 Å². The van der Waals surface area contributed by atoms with E-state index in [0.29, 0.717) is 24.4 Å². The number of carbonyl (C=O) groups excluding carboxylic acids is 2. The van der Waals surface area contributed by atoms with Gasteiger partial charge >= 0.3 is 0 Å². The molecular formula is C20H23N3O3. The number of nitrogens with zero attached hydrogens (tertiary/aromatic N) is 2. The molecule has 1 aliphatic rings. The largest absolute Gasteiger partial charge is 0.481 e. The van der Waals surface area contributed by atoms with Gasteiger partial charge in [0.05, 0.1) is 18.8 Å². The number of methoxy groups -OCH3 is 1. The van der Waals surface area contributed by atoms with Crippen molar-refractivity contribution in [3.8, 4) is 17.1 Å². The van der Waals surface area contributed by atoms with Gasteiger partial charge in [-0.3, -0.25) is 9.59 Å². The molecule has 2 heterocycles. The van der Waals surface area contributed by atoms with Crippen LogP contribution in [0.1, 0.15) is 30.1 Å².